The van der Waals surface area contributed by atoms with Crippen molar-refractivity contribution in [3.63, 3.8) is 0 Å². The third kappa shape index (κ3) is 3.78. The second kappa shape index (κ2) is 8.60. The van der Waals surface area contributed by atoms with Crippen LogP contribution in [0.2, 0.25) is 0 Å². The number of piperidine rings is 1. The number of benzene rings is 1. The smallest absolute Gasteiger partial charge is 0.121 e. The van der Waals surface area contributed by atoms with Gasteiger partial charge in [0.15, 0.2) is 0 Å². The molecule has 2 aliphatic rings. The van der Waals surface area contributed by atoms with Crippen molar-refractivity contribution in [2.24, 2.45) is 0 Å². The molecule has 1 aromatic carbocycles. The number of nitrogens with zero attached hydrogens (tertiary/aromatic N) is 4. The molecule has 2 unspecified atom stereocenters. The van der Waals surface area contributed by atoms with Crippen LogP contribution < -0.4 is 10.1 Å². The van der Waals surface area contributed by atoms with Gasteiger partial charge < -0.3 is 10.1 Å². The maximum Gasteiger partial charge on any atom is 0.121 e. The summed E-state index contributed by atoms with van der Waals surface area (Å²) in [6, 6.07) is 14.8. The number of hydrogen-bond acceptors (Lipinski definition) is 5. The summed E-state index contributed by atoms with van der Waals surface area (Å²) < 4.78 is 8.49. The molecule has 0 aliphatic carbocycles. The van der Waals surface area contributed by atoms with Crippen LogP contribution in [0.1, 0.15) is 38.3 Å². The first-order valence-electron chi connectivity index (χ1n) is 12.1. The average Bonchev–Trinajstić information content (AvgIpc) is 3.46. The molecule has 6 nitrogen and oxygen atoms in total. The van der Waals surface area contributed by atoms with Gasteiger partial charge in [0.05, 0.1) is 11.2 Å². The zero-order valence-corrected chi connectivity index (χ0v) is 19.0. The van der Waals surface area contributed by atoms with E-state index < -0.39 is 0 Å². The molecule has 0 radical (unpaired) electrons. The average molecular weight is 440 g/mol. The molecule has 168 valence electrons. The molecule has 5 heterocycles. The molecule has 0 amide bonds. The van der Waals surface area contributed by atoms with Gasteiger partial charge in [-0.05, 0) is 75.0 Å². The van der Waals surface area contributed by atoms with Gasteiger partial charge in [-0.3, -0.25) is 14.6 Å². The standard InChI is InChI=1S/C27H29N5O/c1-18(22-7-2-4-13-28-22)33-19-10-11-20-21(12-15-30-24(20)17-19)26-25-9-6-16-32(25)31-27(26)23-8-3-5-14-29-23/h3,5,8,10-12,14-15,17-18,22,28H,2,4,6-7,9,13,16H2,1H3. The van der Waals surface area contributed by atoms with Crippen molar-refractivity contribution in [2.45, 2.75) is 57.7 Å². The Balaban J connectivity index is 1.39. The van der Waals surface area contributed by atoms with Gasteiger partial charge >= 0.3 is 0 Å². The Morgan fingerprint density at radius 1 is 1.06 bits per heavy atom. The fraction of sp³-hybridized carbons (Fsp3) is 0.370. The fourth-order valence-corrected chi connectivity index (χ4v) is 5.29. The molecule has 2 atom stereocenters. The molecule has 1 N–H and O–H groups in total. The van der Waals surface area contributed by atoms with Crippen LogP contribution in [0.5, 0.6) is 5.75 Å². The van der Waals surface area contributed by atoms with Crippen molar-refractivity contribution in [1.29, 1.82) is 0 Å². The summed E-state index contributed by atoms with van der Waals surface area (Å²) in [5.74, 6) is 0.872. The van der Waals surface area contributed by atoms with E-state index >= 15 is 0 Å². The Morgan fingerprint density at radius 2 is 2.03 bits per heavy atom. The number of nitrogens with one attached hydrogen (secondary N) is 1. The normalized spacial score (nSPS) is 18.9. The van der Waals surface area contributed by atoms with Gasteiger partial charge in [0.25, 0.3) is 0 Å². The Bertz CT molecular complexity index is 1280. The Hall–Kier alpha value is -3.25. The van der Waals surface area contributed by atoms with E-state index in [4.69, 9.17) is 9.84 Å². The molecule has 1 saturated heterocycles. The monoisotopic (exact) mass is 439 g/mol. The zero-order chi connectivity index (χ0) is 22.2. The first kappa shape index (κ1) is 20.4. The van der Waals surface area contributed by atoms with E-state index in [9.17, 15) is 0 Å². The number of fused-ring (bicyclic) bond motifs is 2. The minimum Gasteiger partial charge on any atom is -0.489 e. The van der Waals surface area contributed by atoms with Gasteiger partial charge in [-0.25, -0.2) is 0 Å². The molecule has 0 bridgehead atoms. The van der Waals surface area contributed by atoms with E-state index in [0.717, 1.165) is 59.5 Å². The molecule has 6 heteroatoms. The summed E-state index contributed by atoms with van der Waals surface area (Å²) in [7, 11) is 0. The lowest BCUT2D eigenvalue weighted by atomic mass is 9.96. The Kier molecular flexibility index (Phi) is 5.30. The molecule has 2 aliphatic heterocycles. The minimum atomic E-state index is 0.126. The van der Waals surface area contributed by atoms with Crippen LogP contribution in [0.25, 0.3) is 33.4 Å². The first-order chi connectivity index (χ1) is 16.3. The maximum absolute atomic E-state index is 6.33. The second-order valence-corrected chi connectivity index (χ2v) is 9.13. The summed E-state index contributed by atoms with van der Waals surface area (Å²) >= 11 is 0. The van der Waals surface area contributed by atoms with E-state index in [1.54, 1.807) is 0 Å². The SMILES string of the molecule is CC(Oc1ccc2c(-c3c(-c4ccccn4)nn4c3CCC4)ccnc2c1)C1CCCCN1. The van der Waals surface area contributed by atoms with Crippen molar-refractivity contribution in [1.82, 2.24) is 25.1 Å². The predicted molar refractivity (Wildman–Crippen MR) is 130 cm³/mol. The van der Waals surface area contributed by atoms with Crippen LogP contribution >= 0.6 is 0 Å². The van der Waals surface area contributed by atoms with Crippen LogP contribution in [-0.2, 0) is 13.0 Å². The van der Waals surface area contributed by atoms with E-state index in [0.29, 0.717) is 6.04 Å². The van der Waals surface area contributed by atoms with Crippen LogP contribution in [-0.4, -0.2) is 38.4 Å². The van der Waals surface area contributed by atoms with Gasteiger partial charge in [0, 0.05) is 47.7 Å². The molecule has 4 aromatic rings. The highest BCUT2D eigenvalue weighted by Crippen LogP contribution is 2.40. The molecule has 0 spiro atoms. The lowest BCUT2D eigenvalue weighted by Crippen LogP contribution is -2.44. The Labute approximate surface area is 194 Å². The molecule has 3 aromatic heterocycles. The molecule has 33 heavy (non-hydrogen) atoms. The number of hydrogen-bond donors (Lipinski definition) is 1. The highest BCUT2D eigenvalue weighted by atomic mass is 16.5. The van der Waals surface area contributed by atoms with Gasteiger partial charge in [0.1, 0.15) is 17.5 Å². The highest BCUT2D eigenvalue weighted by molar-refractivity contribution is 5.99. The van der Waals surface area contributed by atoms with E-state index in [1.807, 2.05) is 30.6 Å². The molecule has 6 rings (SSSR count). The number of aryl methyl sites for hydroxylation is 1. The summed E-state index contributed by atoms with van der Waals surface area (Å²) in [6.07, 6.45) is 9.71. The number of pyridine rings is 2. The van der Waals surface area contributed by atoms with Crippen molar-refractivity contribution in [2.75, 3.05) is 6.54 Å². The van der Waals surface area contributed by atoms with E-state index in [2.05, 4.69) is 51.2 Å². The summed E-state index contributed by atoms with van der Waals surface area (Å²) in [4.78, 5) is 9.29. The van der Waals surface area contributed by atoms with Crippen LogP contribution in [0.3, 0.4) is 0 Å². The van der Waals surface area contributed by atoms with Crippen LogP contribution in [0, 0.1) is 0 Å². The van der Waals surface area contributed by atoms with Gasteiger partial charge in [-0.2, -0.15) is 5.10 Å². The summed E-state index contributed by atoms with van der Waals surface area (Å²) in [6.45, 7) is 4.20. The third-order valence-corrected chi connectivity index (χ3v) is 6.97. The largest absolute Gasteiger partial charge is 0.489 e. The summed E-state index contributed by atoms with van der Waals surface area (Å²) in [5, 5.41) is 9.67. The molecule has 1 fully saturated rings. The van der Waals surface area contributed by atoms with Crippen molar-refractivity contribution in [3.8, 4) is 28.3 Å². The minimum absolute atomic E-state index is 0.126. The second-order valence-electron chi connectivity index (χ2n) is 9.13. The van der Waals surface area contributed by atoms with E-state index in [-0.39, 0.29) is 6.10 Å². The van der Waals surface area contributed by atoms with Crippen molar-refractivity contribution >= 4 is 10.9 Å². The maximum atomic E-state index is 6.33. The van der Waals surface area contributed by atoms with Gasteiger partial charge in [-0.1, -0.05) is 12.5 Å². The number of aromatic nitrogens is 4. The highest BCUT2D eigenvalue weighted by Gasteiger charge is 2.26. The zero-order valence-electron chi connectivity index (χ0n) is 19.0. The van der Waals surface area contributed by atoms with Crippen molar-refractivity contribution in [3.05, 3.63) is 60.6 Å². The predicted octanol–water partition coefficient (Wildman–Crippen LogP) is 5.02. The lowest BCUT2D eigenvalue weighted by molar-refractivity contribution is 0.153. The molecular formula is C27H29N5O. The molecule has 0 saturated carbocycles. The third-order valence-electron chi connectivity index (χ3n) is 6.97. The topological polar surface area (TPSA) is 64.9 Å². The van der Waals surface area contributed by atoms with E-state index in [1.165, 1.54) is 30.5 Å². The van der Waals surface area contributed by atoms with Crippen molar-refractivity contribution < 1.29 is 4.74 Å². The number of ether oxygens (including phenoxy) is 1. The van der Waals surface area contributed by atoms with Gasteiger partial charge in [-0.15, -0.1) is 0 Å². The summed E-state index contributed by atoms with van der Waals surface area (Å²) in [5.41, 5.74) is 6.45. The Morgan fingerprint density at radius 3 is 2.88 bits per heavy atom. The fourth-order valence-electron chi connectivity index (χ4n) is 5.29. The van der Waals surface area contributed by atoms with Gasteiger partial charge in [0.2, 0.25) is 0 Å². The quantitative estimate of drug-likeness (QED) is 0.473. The first-order valence-corrected chi connectivity index (χ1v) is 12.1. The lowest BCUT2D eigenvalue weighted by Gasteiger charge is -2.29. The molecular weight excluding hydrogens is 410 g/mol. The number of rotatable bonds is 5. The van der Waals surface area contributed by atoms with Crippen LogP contribution in [0.4, 0.5) is 0 Å². The van der Waals surface area contributed by atoms with Crippen LogP contribution in [0.15, 0.2) is 54.9 Å².